The first kappa shape index (κ1) is 6.73. The predicted octanol–water partition coefficient (Wildman–Crippen LogP) is 0.850. The molecule has 0 atom stereocenters. The quantitative estimate of drug-likeness (QED) is 0.599. The molecule has 1 aliphatic rings. The molecule has 3 heteroatoms. The first-order valence-electron chi connectivity index (χ1n) is 3.81. The molecule has 11 heavy (non-hydrogen) atoms. The van der Waals surface area contributed by atoms with Crippen LogP contribution in [0.4, 0.5) is 5.88 Å². The second-order valence-electron chi connectivity index (χ2n) is 3.08. The Bertz CT molecular complexity index is 267. The molecule has 1 aliphatic heterocycles. The third-order valence-corrected chi connectivity index (χ3v) is 2.08. The summed E-state index contributed by atoms with van der Waals surface area (Å²) in [6, 6.07) is 1.92. The van der Waals surface area contributed by atoms with Crippen molar-refractivity contribution in [1.82, 2.24) is 4.90 Å². The van der Waals surface area contributed by atoms with Gasteiger partial charge in [0, 0.05) is 31.1 Å². The van der Waals surface area contributed by atoms with E-state index in [0.717, 1.165) is 25.3 Å². The maximum absolute atomic E-state index is 5.52. The van der Waals surface area contributed by atoms with E-state index in [4.69, 9.17) is 10.2 Å². The summed E-state index contributed by atoms with van der Waals surface area (Å²) in [6.45, 7) is 2.04. The van der Waals surface area contributed by atoms with Crippen LogP contribution in [0, 0.1) is 0 Å². The lowest BCUT2D eigenvalue weighted by atomic mass is 10.1. The standard InChI is InChI=1S/C8H12N2O/c1-10-3-2-7-6(5-10)4-8(9)11-7/h4H,2-3,5,9H2,1H3. The maximum atomic E-state index is 5.52. The van der Waals surface area contributed by atoms with Crippen LogP contribution >= 0.6 is 0 Å². The predicted molar refractivity (Wildman–Crippen MR) is 43.2 cm³/mol. The highest BCUT2D eigenvalue weighted by atomic mass is 16.4. The highest BCUT2D eigenvalue weighted by Crippen LogP contribution is 2.22. The SMILES string of the molecule is CN1CCc2oc(N)cc2C1. The van der Waals surface area contributed by atoms with Crippen LogP contribution in [0.15, 0.2) is 10.5 Å². The van der Waals surface area contributed by atoms with Gasteiger partial charge in [0.2, 0.25) is 0 Å². The molecule has 2 rings (SSSR count). The minimum atomic E-state index is 0.547. The minimum Gasteiger partial charge on any atom is -0.446 e. The molecule has 2 heterocycles. The number of likely N-dealkylation sites (N-methyl/N-ethyl adjacent to an activating group) is 1. The number of hydrogen-bond donors (Lipinski definition) is 1. The molecule has 0 aliphatic carbocycles. The monoisotopic (exact) mass is 152 g/mol. The van der Waals surface area contributed by atoms with E-state index < -0.39 is 0 Å². The van der Waals surface area contributed by atoms with Gasteiger partial charge in [-0.1, -0.05) is 0 Å². The number of rotatable bonds is 0. The lowest BCUT2D eigenvalue weighted by molar-refractivity contribution is 0.295. The van der Waals surface area contributed by atoms with Crippen LogP contribution in [-0.4, -0.2) is 18.5 Å². The molecule has 1 aromatic rings. The fraction of sp³-hybridized carbons (Fsp3) is 0.500. The Morgan fingerprint density at radius 1 is 1.64 bits per heavy atom. The van der Waals surface area contributed by atoms with Crippen LogP contribution in [0.3, 0.4) is 0 Å². The number of nitrogens with zero attached hydrogens (tertiary/aromatic N) is 1. The zero-order chi connectivity index (χ0) is 7.84. The van der Waals surface area contributed by atoms with Gasteiger partial charge in [-0.2, -0.15) is 0 Å². The lowest BCUT2D eigenvalue weighted by Gasteiger charge is -2.20. The molecular formula is C8H12N2O. The summed E-state index contributed by atoms with van der Waals surface area (Å²) < 4.78 is 5.31. The Labute approximate surface area is 65.8 Å². The van der Waals surface area contributed by atoms with E-state index in [2.05, 4.69) is 11.9 Å². The smallest absolute Gasteiger partial charge is 0.190 e. The second kappa shape index (κ2) is 2.27. The van der Waals surface area contributed by atoms with E-state index in [1.54, 1.807) is 0 Å². The number of anilines is 1. The number of nitrogen functional groups attached to an aromatic ring is 1. The summed E-state index contributed by atoms with van der Waals surface area (Å²) in [5.41, 5.74) is 6.77. The molecule has 0 unspecified atom stereocenters. The van der Waals surface area contributed by atoms with Crippen molar-refractivity contribution in [2.45, 2.75) is 13.0 Å². The van der Waals surface area contributed by atoms with Crippen LogP contribution in [0.2, 0.25) is 0 Å². The summed E-state index contributed by atoms with van der Waals surface area (Å²) in [5.74, 6) is 1.62. The van der Waals surface area contributed by atoms with Gasteiger partial charge < -0.3 is 15.1 Å². The largest absolute Gasteiger partial charge is 0.446 e. The van der Waals surface area contributed by atoms with E-state index in [1.165, 1.54) is 5.56 Å². The first-order chi connectivity index (χ1) is 5.25. The van der Waals surface area contributed by atoms with Crippen molar-refractivity contribution in [3.05, 3.63) is 17.4 Å². The minimum absolute atomic E-state index is 0.547. The molecule has 0 bridgehead atoms. The lowest BCUT2D eigenvalue weighted by Crippen LogP contribution is -2.25. The molecule has 0 saturated carbocycles. The van der Waals surface area contributed by atoms with Crippen LogP contribution in [0.1, 0.15) is 11.3 Å². The molecule has 2 N–H and O–H groups in total. The molecule has 0 fully saturated rings. The van der Waals surface area contributed by atoms with E-state index in [1.807, 2.05) is 6.07 Å². The Kier molecular flexibility index (Phi) is 1.39. The Balaban J connectivity index is 2.34. The topological polar surface area (TPSA) is 42.4 Å². The molecule has 1 aromatic heterocycles. The molecular weight excluding hydrogens is 140 g/mol. The van der Waals surface area contributed by atoms with E-state index >= 15 is 0 Å². The fourth-order valence-corrected chi connectivity index (χ4v) is 1.50. The molecule has 60 valence electrons. The Morgan fingerprint density at radius 2 is 2.45 bits per heavy atom. The van der Waals surface area contributed by atoms with Gasteiger partial charge in [-0.05, 0) is 7.05 Å². The normalized spacial score (nSPS) is 18.3. The summed E-state index contributed by atoms with van der Waals surface area (Å²) in [5, 5.41) is 0. The first-order valence-corrected chi connectivity index (χ1v) is 3.81. The maximum Gasteiger partial charge on any atom is 0.190 e. The van der Waals surface area contributed by atoms with Gasteiger partial charge in [-0.3, -0.25) is 0 Å². The van der Waals surface area contributed by atoms with Crippen molar-refractivity contribution in [2.75, 3.05) is 19.3 Å². The van der Waals surface area contributed by atoms with Gasteiger partial charge in [-0.15, -0.1) is 0 Å². The van der Waals surface area contributed by atoms with Crippen molar-refractivity contribution < 1.29 is 4.42 Å². The molecule has 0 amide bonds. The van der Waals surface area contributed by atoms with Gasteiger partial charge in [0.25, 0.3) is 0 Å². The Morgan fingerprint density at radius 3 is 3.27 bits per heavy atom. The number of hydrogen-bond acceptors (Lipinski definition) is 3. The molecule has 0 spiro atoms. The third-order valence-electron chi connectivity index (χ3n) is 2.08. The van der Waals surface area contributed by atoms with Crippen molar-refractivity contribution in [2.24, 2.45) is 0 Å². The number of fused-ring (bicyclic) bond motifs is 1. The van der Waals surface area contributed by atoms with Crippen molar-refractivity contribution in [3.8, 4) is 0 Å². The van der Waals surface area contributed by atoms with Crippen LogP contribution < -0.4 is 5.73 Å². The Hall–Kier alpha value is -0.960. The average molecular weight is 152 g/mol. The van der Waals surface area contributed by atoms with Crippen molar-refractivity contribution in [3.63, 3.8) is 0 Å². The van der Waals surface area contributed by atoms with Crippen molar-refractivity contribution >= 4 is 5.88 Å². The summed E-state index contributed by atoms with van der Waals surface area (Å²) in [6.07, 6.45) is 0.989. The van der Waals surface area contributed by atoms with Crippen molar-refractivity contribution in [1.29, 1.82) is 0 Å². The van der Waals surface area contributed by atoms with Crippen LogP contribution in [0.5, 0.6) is 0 Å². The van der Waals surface area contributed by atoms with Gasteiger partial charge in [0.1, 0.15) is 5.76 Å². The molecule has 0 aromatic carbocycles. The molecule has 0 radical (unpaired) electrons. The van der Waals surface area contributed by atoms with Gasteiger partial charge in [0.15, 0.2) is 5.88 Å². The van der Waals surface area contributed by atoms with Gasteiger partial charge in [-0.25, -0.2) is 0 Å². The summed E-state index contributed by atoms with van der Waals surface area (Å²) in [4.78, 5) is 2.26. The zero-order valence-electron chi connectivity index (χ0n) is 6.63. The summed E-state index contributed by atoms with van der Waals surface area (Å²) in [7, 11) is 2.10. The zero-order valence-corrected chi connectivity index (χ0v) is 6.63. The third kappa shape index (κ3) is 1.12. The van der Waals surface area contributed by atoms with Crippen LogP contribution in [-0.2, 0) is 13.0 Å². The number of furan rings is 1. The highest BCUT2D eigenvalue weighted by Gasteiger charge is 2.16. The van der Waals surface area contributed by atoms with E-state index in [9.17, 15) is 0 Å². The van der Waals surface area contributed by atoms with Gasteiger partial charge >= 0.3 is 0 Å². The van der Waals surface area contributed by atoms with E-state index in [0.29, 0.717) is 5.88 Å². The summed E-state index contributed by atoms with van der Waals surface area (Å²) >= 11 is 0. The van der Waals surface area contributed by atoms with E-state index in [-0.39, 0.29) is 0 Å². The number of nitrogens with two attached hydrogens (primary N) is 1. The highest BCUT2D eigenvalue weighted by molar-refractivity contribution is 5.34. The molecule has 0 saturated heterocycles. The van der Waals surface area contributed by atoms with Gasteiger partial charge in [0.05, 0.1) is 0 Å². The van der Waals surface area contributed by atoms with Crippen LogP contribution in [0.25, 0.3) is 0 Å². The fourth-order valence-electron chi connectivity index (χ4n) is 1.50. The average Bonchev–Trinajstić information content (AvgIpc) is 2.27. The second-order valence-corrected chi connectivity index (χ2v) is 3.08. The molecule has 3 nitrogen and oxygen atoms in total.